The quantitative estimate of drug-likeness (QED) is 0.858. The Hall–Kier alpha value is -1.78. The van der Waals surface area contributed by atoms with E-state index in [0.717, 1.165) is 32.5 Å². The number of nitrogens with zero attached hydrogens (tertiary/aromatic N) is 3. The Morgan fingerprint density at radius 2 is 2.15 bits per heavy atom. The van der Waals surface area contributed by atoms with E-state index in [1.54, 1.807) is 0 Å². The molecule has 1 aromatic rings. The number of allylic oxidation sites excluding steroid dienone is 1. The fraction of sp³-hybridized carbons (Fsp3) is 0.600. The second kappa shape index (κ2) is 7.12. The lowest BCUT2D eigenvalue weighted by Gasteiger charge is -2.31. The highest BCUT2D eigenvalue weighted by Crippen LogP contribution is 2.18. The van der Waals surface area contributed by atoms with Gasteiger partial charge in [0.15, 0.2) is 0 Å². The summed E-state index contributed by atoms with van der Waals surface area (Å²) in [6, 6.07) is 2.01. The molecule has 0 spiro atoms. The van der Waals surface area contributed by atoms with Crippen molar-refractivity contribution in [3.05, 3.63) is 30.1 Å². The molecular weight excluding hydrogens is 252 g/mol. The molecule has 2 amide bonds. The first kappa shape index (κ1) is 14.6. The fourth-order valence-corrected chi connectivity index (χ4v) is 2.45. The SMILES string of the molecule is CC(C)=CCNC(=O)N1CCC(Cn2cccn2)CC1. The van der Waals surface area contributed by atoms with Crippen molar-refractivity contribution in [3.8, 4) is 0 Å². The van der Waals surface area contributed by atoms with Gasteiger partial charge in [-0.15, -0.1) is 0 Å². The minimum atomic E-state index is 0.0556. The highest BCUT2D eigenvalue weighted by Gasteiger charge is 2.22. The van der Waals surface area contributed by atoms with Crippen LogP contribution in [0.5, 0.6) is 0 Å². The lowest BCUT2D eigenvalue weighted by molar-refractivity contribution is 0.165. The van der Waals surface area contributed by atoms with E-state index < -0.39 is 0 Å². The molecule has 1 aliphatic heterocycles. The Morgan fingerprint density at radius 1 is 1.40 bits per heavy atom. The first-order chi connectivity index (χ1) is 9.65. The molecule has 5 nitrogen and oxygen atoms in total. The van der Waals surface area contributed by atoms with E-state index in [1.165, 1.54) is 5.57 Å². The predicted molar refractivity (Wildman–Crippen MR) is 79.4 cm³/mol. The molecule has 0 saturated carbocycles. The smallest absolute Gasteiger partial charge is 0.317 e. The van der Waals surface area contributed by atoms with Gasteiger partial charge in [0.05, 0.1) is 0 Å². The van der Waals surface area contributed by atoms with Crippen molar-refractivity contribution in [1.82, 2.24) is 20.0 Å². The van der Waals surface area contributed by atoms with Gasteiger partial charge in [0.1, 0.15) is 0 Å². The topological polar surface area (TPSA) is 50.2 Å². The lowest BCUT2D eigenvalue weighted by atomic mass is 9.97. The number of carbonyl (C=O) groups is 1. The molecular formula is C15H24N4O. The van der Waals surface area contributed by atoms with Gasteiger partial charge in [0.25, 0.3) is 0 Å². The molecule has 2 heterocycles. The zero-order valence-electron chi connectivity index (χ0n) is 12.4. The van der Waals surface area contributed by atoms with Gasteiger partial charge in [-0.2, -0.15) is 5.10 Å². The number of amides is 2. The summed E-state index contributed by atoms with van der Waals surface area (Å²) in [5.41, 5.74) is 1.23. The standard InChI is InChI=1S/C15H24N4O/c1-13(2)4-8-16-15(20)18-10-5-14(6-11-18)12-19-9-3-7-17-19/h3-4,7,9,14H,5-6,8,10-12H2,1-2H3,(H,16,20). The van der Waals surface area contributed by atoms with E-state index in [4.69, 9.17) is 0 Å². The largest absolute Gasteiger partial charge is 0.335 e. The van der Waals surface area contributed by atoms with Gasteiger partial charge < -0.3 is 10.2 Å². The van der Waals surface area contributed by atoms with Crippen LogP contribution >= 0.6 is 0 Å². The average molecular weight is 276 g/mol. The van der Waals surface area contributed by atoms with Crippen LogP contribution in [0.1, 0.15) is 26.7 Å². The van der Waals surface area contributed by atoms with Gasteiger partial charge in [-0.05, 0) is 38.7 Å². The summed E-state index contributed by atoms with van der Waals surface area (Å²) >= 11 is 0. The van der Waals surface area contributed by atoms with Crippen molar-refractivity contribution < 1.29 is 4.79 Å². The molecule has 0 unspecified atom stereocenters. The molecule has 110 valence electrons. The van der Waals surface area contributed by atoms with Crippen molar-refractivity contribution in [2.45, 2.75) is 33.2 Å². The number of nitrogens with one attached hydrogen (secondary N) is 1. The van der Waals surface area contributed by atoms with E-state index >= 15 is 0 Å². The number of likely N-dealkylation sites (tertiary alicyclic amines) is 1. The molecule has 1 aliphatic rings. The van der Waals surface area contributed by atoms with Crippen molar-refractivity contribution in [3.63, 3.8) is 0 Å². The number of aromatic nitrogens is 2. The zero-order chi connectivity index (χ0) is 14.4. The number of carbonyl (C=O) groups excluding carboxylic acids is 1. The maximum atomic E-state index is 12.0. The molecule has 2 rings (SSSR count). The minimum Gasteiger partial charge on any atom is -0.335 e. The van der Waals surface area contributed by atoms with E-state index in [-0.39, 0.29) is 6.03 Å². The molecule has 1 fully saturated rings. The number of hydrogen-bond donors (Lipinski definition) is 1. The Kier molecular flexibility index (Phi) is 5.21. The third kappa shape index (κ3) is 4.40. The highest BCUT2D eigenvalue weighted by atomic mass is 16.2. The second-order valence-corrected chi connectivity index (χ2v) is 5.63. The van der Waals surface area contributed by atoms with E-state index in [9.17, 15) is 4.79 Å². The molecule has 0 aliphatic carbocycles. The van der Waals surface area contributed by atoms with Crippen LogP contribution in [0.4, 0.5) is 4.79 Å². The summed E-state index contributed by atoms with van der Waals surface area (Å²) in [4.78, 5) is 13.9. The number of piperidine rings is 1. The van der Waals surface area contributed by atoms with Gasteiger partial charge in [-0.25, -0.2) is 4.79 Å². The first-order valence-electron chi connectivity index (χ1n) is 7.28. The van der Waals surface area contributed by atoms with Gasteiger partial charge in [0, 0.05) is 38.6 Å². The van der Waals surface area contributed by atoms with Crippen molar-refractivity contribution in [2.75, 3.05) is 19.6 Å². The lowest BCUT2D eigenvalue weighted by Crippen LogP contribution is -2.45. The van der Waals surface area contributed by atoms with Crippen LogP contribution in [0, 0.1) is 5.92 Å². The normalized spacial score (nSPS) is 16.0. The van der Waals surface area contributed by atoms with Crippen LogP contribution in [0.25, 0.3) is 0 Å². The molecule has 1 aromatic heterocycles. The third-order valence-corrected chi connectivity index (χ3v) is 3.67. The van der Waals surface area contributed by atoms with Crippen molar-refractivity contribution in [2.24, 2.45) is 5.92 Å². The van der Waals surface area contributed by atoms with E-state index in [0.29, 0.717) is 12.5 Å². The van der Waals surface area contributed by atoms with Crippen LogP contribution < -0.4 is 5.32 Å². The maximum absolute atomic E-state index is 12.0. The number of hydrogen-bond acceptors (Lipinski definition) is 2. The van der Waals surface area contributed by atoms with Gasteiger partial charge in [-0.1, -0.05) is 11.6 Å². The van der Waals surface area contributed by atoms with Crippen LogP contribution in [0.15, 0.2) is 30.1 Å². The summed E-state index contributed by atoms with van der Waals surface area (Å²) < 4.78 is 1.98. The maximum Gasteiger partial charge on any atom is 0.317 e. The monoisotopic (exact) mass is 276 g/mol. The molecule has 0 atom stereocenters. The minimum absolute atomic E-state index is 0.0556. The van der Waals surface area contributed by atoms with Gasteiger partial charge in [0.2, 0.25) is 0 Å². The van der Waals surface area contributed by atoms with Crippen LogP contribution in [-0.4, -0.2) is 40.3 Å². The highest BCUT2D eigenvalue weighted by molar-refractivity contribution is 5.74. The van der Waals surface area contributed by atoms with Crippen molar-refractivity contribution >= 4 is 6.03 Å². The van der Waals surface area contributed by atoms with Gasteiger partial charge >= 0.3 is 6.03 Å². The third-order valence-electron chi connectivity index (χ3n) is 3.67. The summed E-state index contributed by atoms with van der Waals surface area (Å²) in [6.07, 6.45) is 7.94. The van der Waals surface area contributed by atoms with Crippen LogP contribution in [-0.2, 0) is 6.54 Å². The van der Waals surface area contributed by atoms with Crippen molar-refractivity contribution in [1.29, 1.82) is 0 Å². The van der Waals surface area contributed by atoms with Gasteiger partial charge in [-0.3, -0.25) is 4.68 Å². The summed E-state index contributed by atoms with van der Waals surface area (Å²) in [6.45, 7) is 7.33. The zero-order valence-corrected chi connectivity index (χ0v) is 12.4. The molecule has 1 N–H and O–H groups in total. The fourth-order valence-electron chi connectivity index (χ4n) is 2.45. The average Bonchev–Trinajstić information content (AvgIpc) is 2.92. The Morgan fingerprint density at radius 3 is 2.75 bits per heavy atom. The molecule has 1 saturated heterocycles. The number of rotatable bonds is 4. The second-order valence-electron chi connectivity index (χ2n) is 5.63. The van der Waals surface area contributed by atoms with Crippen LogP contribution in [0.2, 0.25) is 0 Å². The molecule has 5 heteroatoms. The first-order valence-corrected chi connectivity index (χ1v) is 7.28. The Bertz CT molecular complexity index is 440. The molecule has 0 radical (unpaired) electrons. The van der Waals surface area contributed by atoms with E-state index in [1.807, 2.05) is 48.0 Å². The molecule has 20 heavy (non-hydrogen) atoms. The predicted octanol–water partition coefficient (Wildman–Crippen LogP) is 2.27. The Balaban J connectivity index is 1.70. The molecule has 0 aromatic carbocycles. The van der Waals surface area contributed by atoms with E-state index in [2.05, 4.69) is 10.4 Å². The number of urea groups is 1. The summed E-state index contributed by atoms with van der Waals surface area (Å²) in [5, 5.41) is 7.18. The summed E-state index contributed by atoms with van der Waals surface area (Å²) in [5.74, 6) is 0.622. The van der Waals surface area contributed by atoms with Crippen LogP contribution in [0.3, 0.4) is 0 Å². The molecule has 0 bridgehead atoms. The summed E-state index contributed by atoms with van der Waals surface area (Å²) in [7, 11) is 0. The Labute approximate surface area is 120 Å².